The molecule has 8 heteroatoms. The molecule has 0 saturated carbocycles. The summed E-state index contributed by atoms with van der Waals surface area (Å²) in [4.78, 5) is 0. The van der Waals surface area contributed by atoms with Gasteiger partial charge in [-0.1, -0.05) is 364 Å². The summed E-state index contributed by atoms with van der Waals surface area (Å²) in [7, 11) is -3.95. The molecule has 0 unspecified atom stereocenters. The van der Waals surface area contributed by atoms with Crippen LogP contribution >= 0.6 is 31.7 Å². The van der Waals surface area contributed by atoms with Crippen molar-refractivity contribution >= 4 is 103 Å². The molecule has 0 amide bonds. The molecular formula is C72H63BO3P4. The smallest absolute Gasteiger partial charge is 0.402 e. The van der Waals surface area contributed by atoms with Gasteiger partial charge in [-0.25, -0.2) is 0 Å². The molecular weight excluding hydrogens is 1050 g/mol. The molecule has 0 bridgehead atoms. The van der Waals surface area contributed by atoms with Crippen LogP contribution in [0.25, 0.3) is 0 Å². The second kappa shape index (κ2) is 33.0. The standard InChI is InChI=1S/4C18H15P.BH3O3/c4*1-4-10-16(11-5-1)19(17-12-6-2-7-13-17)18-14-8-3-9-15-18;2-1(3)4/h4*1-15H;2-4H. The van der Waals surface area contributed by atoms with Crippen LogP contribution in [0.2, 0.25) is 0 Å². The van der Waals surface area contributed by atoms with Crippen LogP contribution in [-0.2, 0) is 0 Å². The maximum absolute atomic E-state index is 7.17. The van der Waals surface area contributed by atoms with Crippen LogP contribution in [0.15, 0.2) is 364 Å². The molecule has 12 aromatic carbocycles. The minimum absolute atomic E-state index is 0.446. The third-order valence-corrected chi connectivity index (χ3v) is 21.9. The highest BCUT2D eigenvalue weighted by atomic mass is 31.1. The lowest BCUT2D eigenvalue weighted by atomic mass is 10.3. The van der Waals surface area contributed by atoms with Crippen molar-refractivity contribution in [2.24, 2.45) is 0 Å². The van der Waals surface area contributed by atoms with E-state index in [1.807, 2.05) is 0 Å². The summed E-state index contributed by atoms with van der Waals surface area (Å²) in [5.41, 5.74) is 0. The van der Waals surface area contributed by atoms with E-state index in [1.165, 1.54) is 63.7 Å². The fourth-order valence-corrected chi connectivity index (χ4v) is 17.9. The fourth-order valence-electron chi connectivity index (χ4n) is 8.71. The molecule has 0 spiro atoms. The van der Waals surface area contributed by atoms with Crippen LogP contribution in [0, 0.1) is 0 Å². The Morgan fingerprint density at radius 3 is 0.263 bits per heavy atom. The second-order valence-corrected chi connectivity index (χ2v) is 26.6. The SMILES string of the molecule is OB(O)O.c1ccc(P(c2ccccc2)c2ccccc2)cc1.c1ccc(P(c2ccccc2)c2ccccc2)cc1.c1ccc(P(c2ccccc2)c2ccccc2)cc1.c1ccc(P(c2ccccc2)c2ccccc2)cc1. The van der Waals surface area contributed by atoms with E-state index in [0.717, 1.165) is 0 Å². The predicted molar refractivity (Wildman–Crippen MR) is 353 cm³/mol. The predicted octanol–water partition coefficient (Wildman–Crippen LogP) is 11.7. The summed E-state index contributed by atoms with van der Waals surface area (Å²) in [6, 6.07) is 129. The first kappa shape index (κ1) is 58.5. The van der Waals surface area contributed by atoms with Gasteiger partial charge in [-0.05, 0) is 95.3 Å². The van der Waals surface area contributed by atoms with Crippen molar-refractivity contribution in [3.05, 3.63) is 364 Å². The molecule has 12 rings (SSSR count). The molecule has 0 aliphatic carbocycles. The van der Waals surface area contributed by atoms with E-state index in [2.05, 4.69) is 364 Å². The molecule has 0 radical (unpaired) electrons. The van der Waals surface area contributed by atoms with Gasteiger partial charge in [0.15, 0.2) is 0 Å². The quantitative estimate of drug-likeness (QED) is 0.0844. The van der Waals surface area contributed by atoms with E-state index < -0.39 is 39.0 Å². The Bertz CT molecular complexity index is 2650. The number of hydrogen-bond donors (Lipinski definition) is 3. The number of hydrogen-bond acceptors (Lipinski definition) is 3. The number of benzene rings is 12. The first-order valence-corrected chi connectivity index (χ1v) is 31.8. The molecule has 80 heavy (non-hydrogen) atoms. The first-order chi connectivity index (χ1) is 39.5. The van der Waals surface area contributed by atoms with Gasteiger partial charge in [-0.15, -0.1) is 0 Å². The Kier molecular flexibility index (Phi) is 24.1. The minimum Gasteiger partial charge on any atom is -0.402 e. The Balaban J connectivity index is 0.000000137. The van der Waals surface area contributed by atoms with Gasteiger partial charge >= 0.3 is 7.32 Å². The van der Waals surface area contributed by atoms with Crippen LogP contribution in [-0.4, -0.2) is 22.4 Å². The highest BCUT2D eigenvalue weighted by molar-refractivity contribution is 7.81. The maximum Gasteiger partial charge on any atom is 0.631 e. The van der Waals surface area contributed by atoms with Gasteiger partial charge in [0.1, 0.15) is 0 Å². The van der Waals surface area contributed by atoms with E-state index in [1.54, 1.807) is 0 Å². The zero-order valence-corrected chi connectivity index (χ0v) is 47.9. The summed E-state index contributed by atoms with van der Waals surface area (Å²) >= 11 is 0. The van der Waals surface area contributed by atoms with Crippen LogP contribution < -0.4 is 63.7 Å². The molecule has 12 aromatic rings. The summed E-state index contributed by atoms with van der Waals surface area (Å²) < 4.78 is 0. The Labute approximate surface area is 478 Å². The molecule has 0 heterocycles. The Morgan fingerprint density at radius 1 is 0.138 bits per heavy atom. The van der Waals surface area contributed by atoms with Crippen molar-refractivity contribution < 1.29 is 15.1 Å². The average Bonchev–Trinajstić information content (AvgIpc) is 3.53. The molecule has 0 atom stereocenters. The highest BCUT2D eigenvalue weighted by Gasteiger charge is 2.18. The zero-order valence-electron chi connectivity index (χ0n) is 44.3. The van der Waals surface area contributed by atoms with Gasteiger partial charge < -0.3 is 15.1 Å². The zero-order chi connectivity index (χ0) is 55.2. The lowest BCUT2D eigenvalue weighted by molar-refractivity contribution is 0.278. The minimum atomic E-state index is -2.17. The third-order valence-electron chi connectivity index (χ3n) is 12.2. The second-order valence-electron chi connectivity index (χ2n) is 17.7. The Hall–Kier alpha value is -7.70. The number of rotatable bonds is 12. The largest absolute Gasteiger partial charge is 0.631 e. The summed E-state index contributed by atoms with van der Waals surface area (Å²) in [5.74, 6) is 0. The van der Waals surface area contributed by atoms with Crippen molar-refractivity contribution in [1.29, 1.82) is 0 Å². The summed E-state index contributed by atoms with van der Waals surface area (Å²) in [5, 5.41) is 38.3. The van der Waals surface area contributed by atoms with Gasteiger partial charge in [0, 0.05) is 0 Å². The van der Waals surface area contributed by atoms with Crippen LogP contribution in [0.3, 0.4) is 0 Å². The van der Waals surface area contributed by atoms with E-state index in [4.69, 9.17) is 15.1 Å². The molecule has 0 saturated heterocycles. The van der Waals surface area contributed by atoms with Crippen LogP contribution in [0.4, 0.5) is 0 Å². The van der Waals surface area contributed by atoms with E-state index in [-0.39, 0.29) is 0 Å². The Morgan fingerprint density at radius 2 is 0.200 bits per heavy atom. The van der Waals surface area contributed by atoms with Crippen molar-refractivity contribution in [2.75, 3.05) is 0 Å². The van der Waals surface area contributed by atoms with E-state index >= 15 is 0 Å². The molecule has 3 N–H and O–H groups in total. The van der Waals surface area contributed by atoms with Gasteiger partial charge in [-0.3, -0.25) is 0 Å². The van der Waals surface area contributed by atoms with Gasteiger partial charge in [-0.2, -0.15) is 0 Å². The van der Waals surface area contributed by atoms with Crippen molar-refractivity contribution in [3.63, 3.8) is 0 Å². The van der Waals surface area contributed by atoms with Gasteiger partial charge in [0.25, 0.3) is 0 Å². The molecule has 3 nitrogen and oxygen atoms in total. The molecule has 392 valence electrons. The average molecular weight is 1110 g/mol. The molecule has 0 aromatic heterocycles. The van der Waals surface area contributed by atoms with E-state index in [0.29, 0.717) is 0 Å². The van der Waals surface area contributed by atoms with Crippen molar-refractivity contribution in [1.82, 2.24) is 0 Å². The lowest BCUT2D eigenvalue weighted by Crippen LogP contribution is -2.20. The first-order valence-electron chi connectivity index (χ1n) is 26.4. The van der Waals surface area contributed by atoms with Crippen molar-refractivity contribution in [3.8, 4) is 0 Å². The van der Waals surface area contributed by atoms with E-state index in [9.17, 15) is 0 Å². The molecule has 0 aliphatic rings. The third kappa shape index (κ3) is 18.2. The summed E-state index contributed by atoms with van der Waals surface area (Å²) in [6.07, 6.45) is 0. The van der Waals surface area contributed by atoms with Gasteiger partial charge in [0.05, 0.1) is 0 Å². The summed E-state index contributed by atoms with van der Waals surface area (Å²) in [6.45, 7) is 0. The lowest BCUT2D eigenvalue weighted by Gasteiger charge is -2.18. The van der Waals surface area contributed by atoms with Crippen molar-refractivity contribution in [2.45, 2.75) is 0 Å². The monoisotopic (exact) mass is 1110 g/mol. The maximum atomic E-state index is 7.17. The topological polar surface area (TPSA) is 60.7 Å². The normalized spacial score (nSPS) is 10.4. The molecule has 0 aliphatic heterocycles. The van der Waals surface area contributed by atoms with Gasteiger partial charge in [0.2, 0.25) is 0 Å². The molecule has 0 fully saturated rings. The van der Waals surface area contributed by atoms with Crippen LogP contribution in [0.5, 0.6) is 0 Å². The highest BCUT2D eigenvalue weighted by Crippen LogP contribution is 2.35. The fraction of sp³-hybridized carbons (Fsp3) is 0. The van der Waals surface area contributed by atoms with Crippen LogP contribution in [0.1, 0.15) is 0 Å².